The van der Waals surface area contributed by atoms with Crippen LogP contribution < -0.4 is 0 Å². The molecule has 2 nitrogen and oxygen atoms in total. The molecular weight excluding hydrogens is 300 g/mol. The van der Waals surface area contributed by atoms with Crippen LogP contribution in [0, 0.1) is 6.92 Å². The van der Waals surface area contributed by atoms with Crippen molar-refractivity contribution in [1.82, 2.24) is 0 Å². The van der Waals surface area contributed by atoms with Gasteiger partial charge >= 0.3 is 0 Å². The molecule has 1 unspecified atom stereocenters. The number of furan rings is 1. The summed E-state index contributed by atoms with van der Waals surface area (Å²) in [6.45, 7) is 2.06. The van der Waals surface area contributed by atoms with E-state index >= 15 is 0 Å². The Morgan fingerprint density at radius 2 is 2.14 bits per heavy atom. The maximum atomic E-state index is 10.6. The largest absolute Gasteiger partial charge is 0.458 e. The first-order valence-corrected chi connectivity index (χ1v) is 9.05. The molecule has 4 heteroatoms. The zero-order valence-corrected chi connectivity index (χ0v) is 13.4. The van der Waals surface area contributed by atoms with Gasteiger partial charge in [0.15, 0.2) is 0 Å². The SMILES string of the molecule is Cc1ccc2oc(C(O)c3cc4c(s3)CCSC4)cc2c1. The molecule has 21 heavy (non-hydrogen) atoms. The van der Waals surface area contributed by atoms with Gasteiger partial charge in [-0.3, -0.25) is 0 Å². The second-order valence-corrected chi connectivity index (χ2v) is 7.77. The lowest BCUT2D eigenvalue weighted by Crippen LogP contribution is -1.96. The van der Waals surface area contributed by atoms with E-state index in [1.54, 1.807) is 11.3 Å². The lowest BCUT2D eigenvalue weighted by molar-refractivity contribution is 0.196. The number of benzene rings is 1. The van der Waals surface area contributed by atoms with Crippen LogP contribution in [0.5, 0.6) is 0 Å². The van der Waals surface area contributed by atoms with Crippen molar-refractivity contribution in [1.29, 1.82) is 0 Å². The molecule has 1 N–H and O–H groups in total. The highest BCUT2D eigenvalue weighted by molar-refractivity contribution is 7.98. The van der Waals surface area contributed by atoms with Crippen LogP contribution in [0.25, 0.3) is 11.0 Å². The fourth-order valence-electron chi connectivity index (χ4n) is 2.76. The highest BCUT2D eigenvalue weighted by Crippen LogP contribution is 2.37. The van der Waals surface area contributed by atoms with Gasteiger partial charge in [0.05, 0.1) is 0 Å². The van der Waals surface area contributed by atoms with Crippen LogP contribution in [0.1, 0.15) is 32.7 Å². The van der Waals surface area contributed by atoms with Crippen molar-refractivity contribution in [2.45, 2.75) is 25.2 Å². The number of rotatable bonds is 2. The van der Waals surface area contributed by atoms with Gasteiger partial charge in [-0.05, 0) is 48.9 Å². The van der Waals surface area contributed by atoms with Crippen molar-refractivity contribution >= 4 is 34.1 Å². The van der Waals surface area contributed by atoms with E-state index in [1.807, 2.05) is 30.0 Å². The van der Waals surface area contributed by atoms with E-state index in [9.17, 15) is 5.11 Å². The van der Waals surface area contributed by atoms with Crippen LogP contribution in [0.2, 0.25) is 0 Å². The summed E-state index contributed by atoms with van der Waals surface area (Å²) in [5.74, 6) is 2.90. The van der Waals surface area contributed by atoms with Crippen molar-refractivity contribution in [3.8, 4) is 0 Å². The van der Waals surface area contributed by atoms with Gasteiger partial charge in [0.2, 0.25) is 0 Å². The standard InChI is InChI=1S/C17H16O2S2/c1-10-2-3-13-11(6-10)7-14(19-13)17(18)16-8-12-9-20-5-4-15(12)21-16/h2-3,6-8,17-18H,4-5,9H2,1H3. The molecule has 0 spiro atoms. The van der Waals surface area contributed by atoms with E-state index in [1.165, 1.54) is 21.8 Å². The number of aliphatic hydroxyl groups excluding tert-OH is 1. The number of aryl methyl sites for hydroxylation is 2. The Labute approximate surface area is 131 Å². The van der Waals surface area contributed by atoms with Crippen LogP contribution in [-0.4, -0.2) is 10.9 Å². The second kappa shape index (κ2) is 5.20. The normalized spacial score (nSPS) is 16.1. The summed E-state index contributed by atoms with van der Waals surface area (Å²) >= 11 is 3.69. The van der Waals surface area contributed by atoms with Crippen LogP contribution in [-0.2, 0) is 12.2 Å². The molecule has 2 aromatic heterocycles. The summed E-state index contributed by atoms with van der Waals surface area (Å²) in [5.41, 5.74) is 3.43. The van der Waals surface area contributed by atoms with E-state index in [0.29, 0.717) is 5.76 Å². The fraction of sp³-hybridized carbons (Fsp3) is 0.294. The first-order chi connectivity index (χ1) is 10.2. The molecule has 0 bridgehead atoms. The average Bonchev–Trinajstić information content (AvgIpc) is 3.09. The summed E-state index contributed by atoms with van der Waals surface area (Å²) < 4.78 is 5.82. The summed E-state index contributed by atoms with van der Waals surface area (Å²) in [6, 6.07) is 10.2. The summed E-state index contributed by atoms with van der Waals surface area (Å²) in [7, 11) is 0. The molecule has 1 aromatic carbocycles. The smallest absolute Gasteiger partial charge is 0.146 e. The minimum Gasteiger partial charge on any atom is -0.458 e. The number of thioether (sulfide) groups is 1. The van der Waals surface area contributed by atoms with E-state index in [0.717, 1.165) is 28.0 Å². The highest BCUT2D eigenvalue weighted by atomic mass is 32.2. The lowest BCUT2D eigenvalue weighted by Gasteiger charge is -2.08. The first kappa shape index (κ1) is 13.4. The van der Waals surface area contributed by atoms with Crippen molar-refractivity contribution in [2.75, 3.05) is 5.75 Å². The van der Waals surface area contributed by atoms with Crippen LogP contribution in [0.15, 0.2) is 34.7 Å². The molecule has 1 atom stereocenters. The van der Waals surface area contributed by atoms with Crippen LogP contribution in [0.4, 0.5) is 0 Å². The van der Waals surface area contributed by atoms with E-state index in [4.69, 9.17) is 4.42 Å². The topological polar surface area (TPSA) is 33.4 Å². The van der Waals surface area contributed by atoms with Crippen LogP contribution in [0.3, 0.4) is 0 Å². The van der Waals surface area contributed by atoms with Gasteiger partial charge in [-0.25, -0.2) is 0 Å². The molecule has 1 aliphatic heterocycles. The lowest BCUT2D eigenvalue weighted by atomic mass is 10.1. The molecule has 0 amide bonds. The molecule has 0 aliphatic carbocycles. The Kier molecular flexibility index (Phi) is 3.32. The van der Waals surface area contributed by atoms with Crippen molar-refractivity contribution in [3.05, 3.63) is 57.0 Å². The first-order valence-electron chi connectivity index (χ1n) is 7.08. The van der Waals surface area contributed by atoms with Crippen molar-refractivity contribution < 1.29 is 9.52 Å². The van der Waals surface area contributed by atoms with Gasteiger partial charge in [-0.1, -0.05) is 11.6 Å². The second-order valence-electron chi connectivity index (χ2n) is 5.49. The zero-order valence-electron chi connectivity index (χ0n) is 11.8. The minimum absolute atomic E-state index is 0.641. The molecule has 0 radical (unpaired) electrons. The molecule has 0 saturated heterocycles. The molecular formula is C17H16O2S2. The van der Waals surface area contributed by atoms with Crippen LogP contribution >= 0.6 is 23.1 Å². The third-order valence-electron chi connectivity index (χ3n) is 3.88. The van der Waals surface area contributed by atoms with Gasteiger partial charge in [-0.2, -0.15) is 11.8 Å². The Bertz CT molecular complexity index is 777. The predicted octanol–water partition coefficient (Wildman–Crippen LogP) is 4.67. The fourth-order valence-corrected chi connectivity index (χ4v) is 5.13. The Balaban J connectivity index is 1.71. The van der Waals surface area contributed by atoms with Gasteiger partial charge in [-0.15, -0.1) is 11.3 Å². The third kappa shape index (κ3) is 2.41. The molecule has 4 rings (SSSR count). The molecule has 0 fully saturated rings. The van der Waals surface area contributed by atoms with E-state index < -0.39 is 6.10 Å². The van der Waals surface area contributed by atoms with Gasteiger partial charge in [0.25, 0.3) is 0 Å². The van der Waals surface area contributed by atoms with Crippen molar-refractivity contribution in [2.24, 2.45) is 0 Å². The summed E-state index contributed by atoms with van der Waals surface area (Å²) in [5, 5.41) is 11.7. The number of hydrogen-bond donors (Lipinski definition) is 1. The minimum atomic E-state index is -0.654. The van der Waals surface area contributed by atoms with E-state index in [2.05, 4.69) is 19.1 Å². The van der Waals surface area contributed by atoms with Crippen molar-refractivity contribution in [3.63, 3.8) is 0 Å². The Hall–Kier alpha value is -1.23. The number of aliphatic hydroxyl groups is 1. The molecule has 1 aliphatic rings. The monoisotopic (exact) mass is 316 g/mol. The zero-order chi connectivity index (χ0) is 14.4. The maximum Gasteiger partial charge on any atom is 0.146 e. The molecule has 0 saturated carbocycles. The maximum absolute atomic E-state index is 10.6. The Morgan fingerprint density at radius 3 is 3.00 bits per heavy atom. The third-order valence-corrected chi connectivity index (χ3v) is 6.17. The number of fused-ring (bicyclic) bond motifs is 2. The number of hydrogen-bond acceptors (Lipinski definition) is 4. The highest BCUT2D eigenvalue weighted by Gasteiger charge is 2.21. The number of thiophene rings is 1. The molecule has 3 aromatic rings. The van der Waals surface area contributed by atoms with E-state index in [-0.39, 0.29) is 0 Å². The van der Waals surface area contributed by atoms with Gasteiger partial charge in [0, 0.05) is 20.9 Å². The summed E-state index contributed by atoms with van der Waals surface area (Å²) in [4.78, 5) is 2.42. The molecule has 3 heterocycles. The Morgan fingerprint density at radius 1 is 1.24 bits per heavy atom. The van der Waals surface area contributed by atoms with Gasteiger partial charge < -0.3 is 9.52 Å². The quantitative estimate of drug-likeness (QED) is 0.745. The predicted molar refractivity (Wildman–Crippen MR) is 89.2 cm³/mol. The summed E-state index contributed by atoms with van der Waals surface area (Å²) in [6.07, 6.45) is 0.467. The van der Waals surface area contributed by atoms with Gasteiger partial charge in [0.1, 0.15) is 17.4 Å². The molecule has 108 valence electrons. The average molecular weight is 316 g/mol.